The van der Waals surface area contributed by atoms with Crippen LogP contribution >= 0.6 is 15.9 Å². The topological polar surface area (TPSA) is 64.3 Å². The molecule has 1 aromatic carbocycles. The van der Waals surface area contributed by atoms with Crippen molar-refractivity contribution in [1.29, 1.82) is 0 Å². The zero-order valence-corrected chi connectivity index (χ0v) is 13.7. The van der Waals surface area contributed by atoms with Crippen molar-refractivity contribution in [3.8, 4) is 5.75 Å². The zero-order chi connectivity index (χ0) is 15.5. The first kappa shape index (κ1) is 16.8. The van der Waals surface area contributed by atoms with Crippen LogP contribution in [0.4, 0.5) is 10.1 Å². The highest BCUT2D eigenvalue weighted by Crippen LogP contribution is 2.29. The lowest BCUT2D eigenvalue weighted by Gasteiger charge is -2.26. The Morgan fingerprint density at radius 1 is 1.55 bits per heavy atom. The first-order chi connectivity index (χ1) is 9.16. The number of benzene rings is 1. The molecule has 4 nitrogen and oxygen atoms in total. The summed E-state index contributed by atoms with van der Waals surface area (Å²) in [5, 5.41) is 2.86. The lowest BCUT2D eigenvalue weighted by molar-refractivity contribution is -0.128. The first-order valence-electron chi connectivity index (χ1n) is 6.39. The predicted molar refractivity (Wildman–Crippen MR) is 81.1 cm³/mol. The third kappa shape index (κ3) is 4.37. The molecule has 0 radical (unpaired) electrons. The van der Waals surface area contributed by atoms with E-state index in [9.17, 15) is 9.18 Å². The van der Waals surface area contributed by atoms with Crippen molar-refractivity contribution in [2.75, 3.05) is 5.73 Å². The van der Waals surface area contributed by atoms with E-state index in [4.69, 9.17) is 10.5 Å². The maximum absolute atomic E-state index is 13.5. The minimum Gasteiger partial charge on any atom is -0.479 e. The molecular weight excluding hydrogens is 327 g/mol. The summed E-state index contributed by atoms with van der Waals surface area (Å²) in [7, 11) is 0. The Bertz CT molecular complexity index is 506. The Morgan fingerprint density at radius 3 is 2.70 bits per heavy atom. The number of anilines is 1. The number of halogens is 2. The number of hydrogen-bond donors (Lipinski definition) is 2. The summed E-state index contributed by atoms with van der Waals surface area (Å²) in [5.41, 5.74) is 5.70. The molecule has 1 amide bonds. The number of ether oxygens (including phenoxy) is 1. The molecule has 1 unspecified atom stereocenters. The van der Waals surface area contributed by atoms with Crippen LogP contribution in [0.15, 0.2) is 16.6 Å². The van der Waals surface area contributed by atoms with Crippen molar-refractivity contribution in [3.63, 3.8) is 0 Å². The second-order valence-electron chi connectivity index (χ2n) is 5.29. The largest absolute Gasteiger partial charge is 0.479 e. The summed E-state index contributed by atoms with van der Waals surface area (Å²) >= 11 is 3.03. The number of rotatable bonds is 5. The molecule has 20 heavy (non-hydrogen) atoms. The number of hydrogen-bond acceptors (Lipinski definition) is 3. The first-order valence-corrected chi connectivity index (χ1v) is 7.18. The molecular formula is C14H20BrFN2O2. The van der Waals surface area contributed by atoms with Crippen molar-refractivity contribution >= 4 is 27.5 Å². The minimum absolute atomic E-state index is 0.155. The summed E-state index contributed by atoms with van der Waals surface area (Å²) < 4.78 is 19.1. The smallest absolute Gasteiger partial charge is 0.261 e. The van der Waals surface area contributed by atoms with Crippen molar-refractivity contribution in [2.24, 2.45) is 0 Å². The van der Waals surface area contributed by atoms with E-state index in [0.717, 1.165) is 12.5 Å². The normalized spacial score (nSPS) is 12.9. The minimum atomic E-state index is -0.760. The molecule has 0 heterocycles. The summed E-state index contributed by atoms with van der Waals surface area (Å²) in [6.07, 6.45) is 0.0317. The van der Waals surface area contributed by atoms with Gasteiger partial charge in [-0.1, -0.05) is 6.92 Å². The second kappa shape index (κ2) is 6.43. The molecule has 6 heteroatoms. The maximum Gasteiger partial charge on any atom is 0.261 e. The highest BCUT2D eigenvalue weighted by atomic mass is 79.9. The average Bonchev–Trinajstić information content (AvgIpc) is 2.35. The summed E-state index contributed by atoms with van der Waals surface area (Å²) in [6.45, 7) is 7.42. The van der Waals surface area contributed by atoms with E-state index in [0.29, 0.717) is 0 Å². The van der Waals surface area contributed by atoms with Gasteiger partial charge in [-0.2, -0.15) is 0 Å². The SMILES string of the molecule is CCC(C)(C)NC(=O)C(C)Oc1cc(F)c(Br)cc1N. The lowest BCUT2D eigenvalue weighted by atomic mass is 10.0. The number of nitrogens with one attached hydrogen (secondary N) is 1. The Kier molecular flexibility index (Phi) is 5.39. The quantitative estimate of drug-likeness (QED) is 0.804. The van der Waals surface area contributed by atoms with Gasteiger partial charge in [0.15, 0.2) is 6.10 Å². The maximum atomic E-state index is 13.5. The number of nitrogen functional groups attached to an aromatic ring is 1. The van der Waals surface area contributed by atoms with Crippen molar-refractivity contribution in [2.45, 2.75) is 45.8 Å². The van der Waals surface area contributed by atoms with Gasteiger partial charge in [-0.05, 0) is 49.2 Å². The van der Waals surface area contributed by atoms with Gasteiger partial charge in [0.25, 0.3) is 5.91 Å². The Hall–Kier alpha value is -1.30. The number of carbonyl (C=O) groups is 1. The van der Waals surface area contributed by atoms with Crippen LogP contribution in [0.1, 0.15) is 34.1 Å². The molecule has 0 bridgehead atoms. The van der Waals surface area contributed by atoms with E-state index in [2.05, 4.69) is 21.2 Å². The van der Waals surface area contributed by atoms with Crippen LogP contribution in [0.25, 0.3) is 0 Å². The average molecular weight is 347 g/mol. The van der Waals surface area contributed by atoms with Crippen LogP contribution < -0.4 is 15.8 Å². The molecule has 0 aliphatic rings. The Balaban J connectivity index is 2.78. The molecule has 0 aliphatic carbocycles. The van der Waals surface area contributed by atoms with Gasteiger partial charge in [0.2, 0.25) is 0 Å². The van der Waals surface area contributed by atoms with E-state index in [1.54, 1.807) is 6.92 Å². The van der Waals surface area contributed by atoms with Crippen LogP contribution in [0, 0.1) is 5.82 Å². The fourth-order valence-corrected chi connectivity index (χ4v) is 1.77. The van der Waals surface area contributed by atoms with Gasteiger partial charge in [0.1, 0.15) is 11.6 Å². The Morgan fingerprint density at radius 2 is 2.15 bits per heavy atom. The van der Waals surface area contributed by atoms with Crippen LogP contribution in [0.2, 0.25) is 0 Å². The molecule has 0 saturated carbocycles. The van der Waals surface area contributed by atoms with Crippen molar-refractivity contribution < 1.29 is 13.9 Å². The van der Waals surface area contributed by atoms with Gasteiger partial charge in [-0.15, -0.1) is 0 Å². The van der Waals surface area contributed by atoms with Gasteiger partial charge in [0.05, 0.1) is 10.2 Å². The van der Waals surface area contributed by atoms with E-state index < -0.39 is 11.9 Å². The van der Waals surface area contributed by atoms with Gasteiger partial charge >= 0.3 is 0 Å². The van der Waals surface area contributed by atoms with Crippen LogP contribution in [-0.2, 0) is 4.79 Å². The van der Waals surface area contributed by atoms with Gasteiger partial charge in [-0.3, -0.25) is 4.79 Å². The van der Waals surface area contributed by atoms with Crippen LogP contribution in [0.3, 0.4) is 0 Å². The standard InChI is InChI=1S/C14H20BrFN2O2/c1-5-14(3,4)18-13(19)8(2)20-12-7-10(16)9(15)6-11(12)17/h6-8H,5,17H2,1-4H3,(H,18,19). The molecule has 0 aromatic heterocycles. The number of amides is 1. The monoisotopic (exact) mass is 346 g/mol. The van der Waals surface area contributed by atoms with Crippen molar-refractivity contribution in [3.05, 3.63) is 22.4 Å². The molecule has 0 fully saturated rings. The van der Waals surface area contributed by atoms with Crippen molar-refractivity contribution in [1.82, 2.24) is 5.32 Å². The highest BCUT2D eigenvalue weighted by Gasteiger charge is 2.23. The van der Waals surface area contributed by atoms with Crippen LogP contribution in [-0.4, -0.2) is 17.6 Å². The fourth-order valence-electron chi connectivity index (χ4n) is 1.41. The third-order valence-corrected chi connectivity index (χ3v) is 3.68. The van der Waals surface area contributed by atoms with E-state index in [1.807, 2.05) is 20.8 Å². The number of carbonyl (C=O) groups excluding carboxylic acids is 1. The van der Waals surface area contributed by atoms with Gasteiger partial charge in [0, 0.05) is 11.6 Å². The van der Waals surface area contributed by atoms with E-state index in [1.165, 1.54) is 6.07 Å². The zero-order valence-electron chi connectivity index (χ0n) is 12.1. The second-order valence-corrected chi connectivity index (χ2v) is 6.15. The third-order valence-electron chi connectivity index (χ3n) is 3.07. The summed E-state index contributed by atoms with van der Waals surface area (Å²) in [4.78, 5) is 12.0. The highest BCUT2D eigenvalue weighted by molar-refractivity contribution is 9.10. The Labute approximate surface area is 127 Å². The lowest BCUT2D eigenvalue weighted by Crippen LogP contribution is -2.48. The molecule has 0 saturated heterocycles. The molecule has 112 valence electrons. The van der Waals surface area contributed by atoms with Gasteiger partial charge in [-0.25, -0.2) is 4.39 Å². The number of nitrogens with two attached hydrogens (primary N) is 1. The molecule has 0 aliphatic heterocycles. The molecule has 1 atom stereocenters. The molecule has 3 N–H and O–H groups in total. The summed E-state index contributed by atoms with van der Waals surface area (Å²) in [5.74, 6) is -0.599. The van der Waals surface area contributed by atoms with Gasteiger partial charge < -0.3 is 15.8 Å². The molecule has 0 spiro atoms. The van der Waals surface area contributed by atoms with E-state index >= 15 is 0 Å². The summed E-state index contributed by atoms with van der Waals surface area (Å²) in [6, 6.07) is 2.57. The fraction of sp³-hybridized carbons (Fsp3) is 0.500. The molecule has 1 aromatic rings. The van der Waals surface area contributed by atoms with Crippen LogP contribution in [0.5, 0.6) is 5.75 Å². The molecule has 1 rings (SSSR count). The van der Waals surface area contributed by atoms with E-state index in [-0.39, 0.29) is 27.4 Å². The predicted octanol–water partition coefficient (Wildman–Crippen LogP) is 3.24.